The van der Waals surface area contributed by atoms with Gasteiger partial charge in [0.05, 0.1) is 12.2 Å². The number of carbonyl (C=O) groups is 1. The number of unbranched alkanes of at least 4 members (excludes halogenated alkanes) is 3. The summed E-state index contributed by atoms with van der Waals surface area (Å²) in [6, 6.07) is 5.11. The van der Waals surface area contributed by atoms with Crippen LogP contribution in [-0.4, -0.2) is 24.1 Å². The first kappa shape index (κ1) is 14.5. The van der Waals surface area contributed by atoms with E-state index < -0.39 is 0 Å². The van der Waals surface area contributed by atoms with Crippen LogP contribution in [0.2, 0.25) is 0 Å². The second kappa shape index (κ2) is 7.71. The summed E-state index contributed by atoms with van der Waals surface area (Å²) in [5.74, 6) is 0.552. The van der Waals surface area contributed by atoms with Crippen molar-refractivity contribution in [2.75, 3.05) is 18.9 Å². The summed E-state index contributed by atoms with van der Waals surface area (Å²) >= 11 is 0. The summed E-state index contributed by atoms with van der Waals surface area (Å²) in [7, 11) is 0. The number of anilines is 1. The smallest absolute Gasteiger partial charge is 0.163 e. The molecule has 1 rings (SSSR count). The fourth-order valence-electron chi connectivity index (χ4n) is 1.70. The first-order chi connectivity index (χ1) is 8.65. The van der Waals surface area contributed by atoms with Crippen LogP contribution < -0.4 is 10.5 Å². The van der Waals surface area contributed by atoms with Gasteiger partial charge < -0.3 is 15.6 Å². The van der Waals surface area contributed by atoms with Gasteiger partial charge in [0.25, 0.3) is 0 Å². The van der Waals surface area contributed by atoms with Gasteiger partial charge >= 0.3 is 0 Å². The Morgan fingerprint density at radius 2 is 2.00 bits per heavy atom. The predicted molar refractivity (Wildman–Crippen MR) is 71.9 cm³/mol. The highest BCUT2D eigenvalue weighted by molar-refractivity contribution is 5.97. The van der Waals surface area contributed by atoms with E-state index in [1.54, 1.807) is 18.2 Å². The van der Waals surface area contributed by atoms with Crippen molar-refractivity contribution in [3.05, 3.63) is 23.8 Å². The van der Waals surface area contributed by atoms with Gasteiger partial charge in [-0.3, -0.25) is 4.79 Å². The number of aliphatic hydroxyl groups is 1. The number of aliphatic hydroxyl groups excluding tert-OH is 1. The molecule has 0 aliphatic carbocycles. The van der Waals surface area contributed by atoms with E-state index >= 15 is 0 Å². The van der Waals surface area contributed by atoms with Gasteiger partial charge in [-0.2, -0.15) is 0 Å². The number of Topliss-reactive ketones (excluding diaryl/α,β-unsaturated/α-hetero) is 1. The van der Waals surface area contributed by atoms with Crippen molar-refractivity contribution in [1.29, 1.82) is 0 Å². The summed E-state index contributed by atoms with van der Waals surface area (Å²) in [5, 5.41) is 8.64. The highest BCUT2D eigenvalue weighted by Gasteiger charge is 2.08. The molecule has 18 heavy (non-hydrogen) atoms. The van der Waals surface area contributed by atoms with Crippen LogP contribution in [0.4, 0.5) is 5.69 Å². The van der Waals surface area contributed by atoms with Crippen molar-refractivity contribution in [2.24, 2.45) is 0 Å². The van der Waals surface area contributed by atoms with Crippen LogP contribution in [0.3, 0.4) is 0 Å². The average Bonchev–Trinajstić information content (AvgIpc) is 2.35. The largest absolute Gasteiger partial charge is 0.493 e. The van der Waals surface area contributed by atoms with Crippen LogP contribution in [0, 0.1) is 0 Å². The van der Waals surface area contributed by atoms with Crippen LogP contribution in [0.5, 0.6) is 5.75 Å². The zero-order valence-corrected chi connectivity index (χ0v) is 10.8. The molecule has 0 bridgehead atoms. The molecule has 0 unspecified atom stereocenters. The summed E-state index contributed by atoms with van der Waals surface area (Å²) in [6.45, 7) is 2.33. The van der Waals surface area contributed by atoms with E-state index in [2.05, 4.69) is 0 Å². The number of hydrogen-bond acceptors (Lipinski definition) is 4. The van der Waals surface area contributed by atoms with Gasteiger partial charge in [-0.25, -0.2) is 0 Å². The predicted octanol–water partition coefficient (Wildman–Crippen LogP) is 2.40. The molecular weight excluding hydrogens is 230 g/mol. The molecule has 4 nitrogen and oxygen atoms in total. The van der Waals surface area contributed by atoms with Gasteiger partial charge in [0.15, 0.2) is 5.78 Å². The van der Waals surface area contributed by atoms with Crippen molar-refractivity contribution in [1.82, 2.24) is 0 Å². The molecule has 4 heteroatoms. The molecule has 0 aromatic heterocycles. The van der Waals surface area contributed by atoms with Crippen molar-refractivity contribution < 1.29 is 14.6 Å². The minimum atomic E-state index is -0.0439. The number of nitrogens with two attached hydrogens (primary N) is 1. The van der Waals surface area contributed by atoms with Gasteiger partial charge in [0.1, 0.15) is 5.75 Å². The Labute approximate surface area is 108 Å². The second-order valence-corrected chi connectivity index (χ2v) is 4.30. The van der Waals surface area contributed by atoms with Gasteiger partial charge in [-0.15, -0.1) is 0 Å². The second-order valence-electron chi connectivity index (χ2n) is 4.30. The quantitative estimate of drug-likeness (QED) is 0.423. The molecule has 0 atom stereocenters. The molecule has 1 aromatic carbocycles. The zero-order valence-electron chi connectivity index (χ0n) is 10.8. The number of rotatable bonds is 8. The molecule has 0 amide bonds. The van der Waals surface area contributed by atoms with Crippen LogP contribution in [0.15, 0.2) is 18.2 Å². The van der Waals surface area contributed by atoms with E-state index in [0.29, 0.717) is 23.6 Å². The zero-order chi connectivity index (χ0) is 13.4. The lowest BCUT2D eigenvalue weighted by molar-refractivity contribution is 0.101. The molecule has 1 aromatic rings. The molecule has 0 fully saturated rings. The summed E-state index contributed by atoms with van der Waals surface area (Å²) in [5.41, 5.74) is 6.74. The van der Waals surface area contributed by atoms with Gasteiger partial charge in [0.2, 0.25) is 0 Å². The molecule has 0 saturated carbocycles. The Balaban J connectivity index is 2.44. The topological polar surface area (TPSA) is 72.6 Å². The van der Waals surface area contributed by atoms with Gasteiger partial charge in [-0.05, 0) is 44.4 Å². The van der Waals surface area contributed by atoms with Crippen molar-refractivity contribution in [3.63, 3.8) is 0 Å². The van der Waals surface area contributed by atoms with Crippen molar-refractivity contribution in [3.8, 4) is 5.75 Å². The number of carbonyl (C=O) groups excluding carboxylic acids is 1. The Morgan fingerprint density at radius 3 is 2.67 bits per heavy atom. The lowest BCUT2D eigenvalue weighted by Crippen LogP contribution is -2.04. The highest BCUT2D eigenvalue weighted by Crippen LogP contribution is 2.22. The normalized spacial score (nSPS) is 10.3. The maximum Gasteiger partial charge on any atom is 0.163 e. The van der Waals surface area contributed by atoms with Gasteiger partial charge in [0, 0.05) is 12.3 Å². The fourth-order valence-corrected chi connectivity index (χ4v) is 1.70. The lowest BCUT2D eigenvalue weighted by Gasteiger charge is -2.10. The van der Waals surface area contributed by atoms with E-state index in [4.69, 9.17) is 15.6 Å². The summed E-state index contributed by atoms with van der Waals surface area (Å²) in [4.78, 5) is 11.4. The van der Waals surface area contributed by atoms with Crippen molar-refractivity contribution in [2.45, 2.75) is 32.6 Å². The maximum atomic E-state index is 11.4. The Kier molecular flexibility index (Phi) is 6.22. The van der Waals surface area contributed by atoms with E-state index in [-0.39, 0.29) is 12.4 Å². The van der Waals surface area contributed by atoms with Crippen LogP contribution in [0.1, 0.15) is 43.0 Å². The third kappa shape index (κ3) is 4.75. The third-order valence-corrected chi connectivity index (χ3v) is 2.69. The number of hydrogen-bond donors (Lipinski definition) is 2. The molecule has 0 heterocycles. The summed E-state index contributed by atoms with van der Waals surface area (Å²) < 4.78 is 5.59. The molecule has 0 spiro atoms. The molecule has 0 radical (unpaired) electrons. The van der Waals surface area contributed by atoms with Gasteiger partial charge in [-0.1, -0.05) is 6.42 Å². The first-order valence-electron chi connectivity index (χ1n) is 6.29. The average molecular weight is 251 g/mol. The van der Waals surface area contributed by atoms with E-state index in [1.807, 2.05) is 0 Å². The lowest BCUT2D eigenvalue weighted by atomic mass is 10.1. The Hall–Kier alpha value is -1.55. The highest BCUT2D eigenvalue weighted by atomic mass is 16.5. The molecule has 0 aliphatic rings. The minimum Gasteiger partial charge on any atom is -0.493 e. The fraction of sp³-hybridized carbons (Fsp3) is 0.500. The number of benzene rings is 1. The molecule has 0 saturated heterocycles. The third-order valence-electron chi connectivity index (χ3n) is 2.69. The van der Waals surface area contributed by atoms with Crippen LogP contribution >= 0.6 is 0 Å². The standard InChI is InChI=1S/C14H21NO3/c1-11(17)13-10-12(15)6-7-14(13)18-9-5-3-2-4-8-16/h6-7,10,16H,2-5,8-9,15H2,1H3. The summed E-state index contributed by atoms with van der Waals surface area (Å²) in [6.07, 6.45) is 3.77. The van der Waals surface area contributed by atoms with E-state index in [0.717, 1.165) is 25.7 Å². The Bertz CT molecular complexity index is 391. The molecular formula is C14H21NO3. The first-order valence-corrected chi connectivity index (χ1v) is 6.29. The monoisotopic (exact) mass is 251 g/mol. The van der Waals surface area contributed by atoms with E-state index in [9.17, 15) is 4.79 Å². The molecule has 3 N–H and O–H groups in total. The van der Waals surface area contributed by atoms with Crippen LogP contribution in [0.25, 0.3) is 0 Å². The number of ketones is 1. The maximum absolute atomic E-state index is 11.4. The molecule has 100 valence electrons. The Morgan fingerprint density at radius 1 is 1.28 bits per heavy atom. The van der Waals surface area contributed by atoms with Crippen LogP contribution in [-0.2, 0) is 0 Å². The SMILES string of the molecule is CC(=O)c1cc(N)ccc1OCCCCCCO. The number of ether oxygens (including phenoxy) is 1. The molecule has 0 aliphatic heterocycles. The van der Waals surface area contributed by atoms with E-state index in [1.165, 1.54) is 6.92 Å². The number of nitrogen functional groups attached to an aromatic ring is 1. The van der Waals surface area contributed by atoms with Crippen molar-refractivity contribution >= 4 is 11.5 Å². The minimum absolute atomic E-state index is 0.0439.